The lowest BCUT2D eigenvalue weighted by atomic mass is 10.2. The smallest absolute Gasteiger partial charge is 0.0666 e. The summed E-state index contributed by atoms with van der Waals surface area (Å²) in [5.74, 6) is 0.122. The first-order valence-electron chi connectivity index (χ1n) is 4.49. The van der Waals surface area contributed by atoms with Crippen molar-refractivity contribution in [1.29, 1.82) is 5.26 Å². The van der Waals surface area contributed by atoms with Crippen molar-refractivity contribution in [3.05, 3.63) is 0 Å². The van der Waals surface area contributed by atoms with E-state index in [0.717, 1.165) is 26.2 Å². The van der Waals surface area contributed by atoms with Gasteiger partial charge in [0.1, 0.15) is 0 Å². The van der Waals surface area contributed by atoms with E-state index in [1.807, 2.05) is 6.92 Å². The van der Waals surface area contributed by atoms with E-state index < -0.39 is 0 Å². The SMILES string of the molecule is CCN(C)CCNCC(C)C#N. The third-order valence-electron chi connectivity index (χ3n) is 1.88. The maximum Gasteiger partial charge on any atom is 0.0666 e. The summed E-state index contributed by atoms with van der Waals surface area (Å²) in [6, 6.07) is 2.19. The highest BCUT2D eigenvalue weighted by molar-refractivity contribution is 4.79. The molecule has 0 fully saturated rings. The monoisotopic (exact) mass is 169 g/mol. The van der Waals surface area contributed by atoms with Crippen LogP contribution in [-0.2, 0) is 0 Å². The van der Waals surface area contributed by atoms with E-state index in [0.29, 0.717) is 0 Å². The van der Waals surface area contributed by atoms with Gasteiger partial charge in [-0.1, -0.05) is 6.92 Å². The summed E-state index contributed by atoms with van der Waals surface area (Å²) in [5, 5.41) is 11.7. The van der Waals surface area contributed by atoms with Gasteiger partial charge < -0.3 is 10.2 Å². The van der Waals surface area contributed by atoms with Crippen LogP contribution in [-0.4, -0.2) is 38.1 Å². The molecule has 0 bridgehead atoms. The van der Waals surface area contributed by atoms with Crippen molar-refractivity contribution in [1.82, 2.24) is 10.2 Å². The van der Waals surface area contributed by atoms with Gasteiger partial charge in [0, 0.05) is 19.6 Å². The number of nitrogens with zero attached hydrogens (tertiary/aromatic N) is 2. The fourth-order valence-corrected chi connectivity index (χ4v) is 0.792. The molecule has 0 amide bonds. The van der Waals surface area contributed by atoms with Crippen molar-refractivity contribution in [2.24, 2.45) is 5.92 Å². The molecule has 1 unspecified atom stereocenters. The summed E-state index contributed by atoms with van der Waals surface area (Å²) in [5.41, 5.74) is 0. The van der Waals surface area contributed by atoms with Crippen LogP contribution in [0.1, 0.15) is 13.8 Å². The molecule has 3 nitrogen and oxygen atoms in total. The minimum absolute atomic E-state index is 0.122. The molecule has 12 heavy (non-hydrogen) atoms. The molecule has 0 saturated heterocycles. The van der Waals surface area contributed by atoms with Crippen LogP contribution in [0.25, 0.3) is 0 Å². The molecule has 1 atom stereocenters. The molecule has 0 aliphatic heterocycles. The second kappa shape index (κ2) is 7.08. The Balaban J connectivity index is 3.17. The Labute approximate surface area is 75.4 Å². The average Bonchev–Trinajstić information content (AvgIpc) is 2.11. The van der Waals surface area contributed by atoms with Crippen LogP contribution in [0.3, 0.4) is 0 Å². The molecule has 0 saturated carbocycles. The Kier molecular flexibility index (Phi) is 6.73. The Morgan fingerprint density at radius 3 is 2.75 bits per heavy atom. The lowest BCUT2D eigenvalue weighted by molar-refractivity contribution is 0.347. The standard InChI is InChI=1S/C9H19N3/c1-4-12(3)6-5-11-8-9(2)7-10/h9,11H,4-6,8H2,1-3H3. The lowest BCUT2D eigenvalue weighted by Crippen LogP contribution is -2.31. The van der Waals surface area contributed by atoms with Gasteiger partial charge in [-0.3, -0.25) is 0 Å². The molecular formula is C9H19N3. The van der Waals surface area contributed by atoms with Crippen molar-refractivity contribution in [2.75, 3.05) is 33.2 Å². The molecule has 0 aliphatic carbocycles. The van der Waals surface area contributed by atoms with Crippen LogP contribution in [0.4, 0.5) is 0 Å². The first-order valence-corrected chi connectivity index (χ1v) is 4.49. The molecule has 70 valence electrons. The first-order chi connectivity index (χ1) is 5.70. The number of rotatable bonds is 6. The van der Waals surface area contributed by atoms with E-state index in [2.05, 4.69) is 30.3 Å². The fourth-order valence-electron chi connectivity index (χ4n) is 0.792. The van der Waals surface area contributed by atoms with Crippen molar-refractivity contribution in [2.45, 2.75) is 13.8 Å². The number of nitrogens with one attached hydrogen (secondary N) is 1. The van der Waals surface area contributed by atoms with Gasteiger partial charge in [0.2, 0.25) is 0 Å². The highest BCUT2D eigenvalue weighted by Gasteiger charge is 1.98. The molecule has 0 rings (SSSR count). The number of likely N-dealkylation sites (N-methyl/N-ethyl adjacent to an activating group) is 1. The van der Waals surface area contributed by atoms with Crippen molar-refractivity contribution in [3.8, 4) is 6.07 Å². The number of nitriles is 1. The van der Waals surface area contributed by atoms with E-state index in [9.17, 15) is 0 Å². The summed E-state index contributed by atoms with van der Waals surface area (Å²) in [4.78, 5) is 2.24. The third kappa shape index (κ3) is 6.14. The molecule has 1 N–H and O–H groups in total. The largest absolute Gasteiger partial charge is 0.314 e. The lowest BCUT2D eigenvalue weighted by Gasteiger charge is -2.14. The Hall–Kier alpha value is -0.590. The van der Waals surface area contributed by atoms with Crippen LogP contribution in [0.2, 0.25) is 0 Å². The quantitative estimate of drug-likeness (QED) is 0.594. The zero-order chi connectivity index (χ0) is 9.40. The summed E-state index contributed by atoms with van der Waals surface area (Å²) < 4.78 is 0. The molecule has 0 radical (unpaired) electrons. The van der Waals surface area contributed by atoms with Crippen LogP contribution in [0, 0.1) is 17.2 Å². The van der Waals surface area contributed by atoms with E-state index in [-0.39, 0.29) is 5.92 Å². The average molecular weight is 169 g/mol. The van der Waals surface area contributed by atoms with E-state index in [1.165, 1.54) is 0 Å². The highest BCUT2D eigenvalue weighted by atomic mass is 15.1. The summed E-state index contributed by atoms with van der Waals surface area (Å²) in [6.45, 7) is 7.96. The number of hydrogen-bond acceptors (Lipinski definition) is 3. The minimum atomic E-state index is 0.122. The summed E-state index contributed by atoms with van der Waals surface area (Å²) in [7, 11) is 2.09. The van der Waals surface area contributed by atoms with Gasteiger partial charge in [0.15, 0.2) is 0 Å². The van der Waals surface area contributed by atoms with Gasteiger partial charge in [0.25, 0.3) is 0 Å². The summed E-state index contributed by atoms with van der Waals surface area (Å²) >= 11 is 0. The van der Waals surface area contributed by atoms with Crippen LogP contribution in [0.15, 0.2) is 0 Å². The number of hydrogen-bond donors (Lipinski definition) is 1. The normalized spacial score (nSPS) is 12.9. The van der Waals surface area contributed by atoms with Crippen molar-refractivity contribution < 1.29 is 0 Å². The maximum absolute atomic E-state index is 8.49. The van der Waals surface area contributed by atoms with Gasteiger partial charge in [-0.25, -0.2) is 0 Å². The predicted octanol–water partition coefficient (Wildman–Crippen LogP) is 0.687. The van der Waals surface area contributed by atoms with Crippen molar-refractivity contribution >= 4 is 0 Å². The molecule has 3 heteroatoms. The Morgan fingerprint density at radius 2 is 2.25 bits per heavy atom. The van der Waals surface area contributed by atoms with Crippen LogP contribution in [0.5, 0.6) is 0 Å². The van der Waals surface area contributed by atoms with Gasteiger partial charge in [-0.2, -0.15) is 5.26 Å². The molecule has 0 aromatic carbocycles. The molecular weight excluding hydrogens is 150 g/mol. The third-order valence-corrected chi connectivity index (χ3v) is 1.88. The highest BCUT2D eigenvalue weighted by Crippen LogP contribution is 1.87. The van der Waals surface area contributed by atoms with Gasteiger partial charge >= 0.3 is 0 Å². The van der Waals surface area contributed by atoms with E-state index >= 15 is 0 Å². The van der Waals surface area contributed by atoms with Crippen LogP contribution >= 0.6 is 0 Å². The first kappa shape index (κ1) is 11.4. The Morgan fingerprint density at radius 1 is 1.58 bits per heavy atom. The molecule has 0 aromatic rings. The zero-order valence-corrected chi connectivity index (χ0v) is 8.30. The van der Waals surface area contributed by atoms with Crippen LogP contribution < -0.4 is 5.32 Å². The van der Waals surface area contributed by atoms with Gasteiger partial charge in [0.05, 0.1) is 12.0 Å². The van der Waals surface area contributed by atoms with E-state index in [4.69, 9.17) is 5.26 Å². The minimum Gasteiger partial charge on any atom is -0.314 e. The maximum atomic E-state index is 8.49. The summed E-state index contributed by atoms with van der Waals surface area (Å²) in [6.07, 6.45) is 0. The fraction of sp³-hybridized carbons (Fsp3) is 0.889. The second-order valence-electron chi connectivity index (χ2n) is 3.13. The zero-order valence-electron chi connectivity index (χ0n) is 8.30. The van der Waals surface area contributed by atoms with Crippen molar-refractivity contribution in [3.63, 3.8) is 0 Å². The molecule has 0 spiro atoms. The predicted molar refractivity (Wildman–Crippen MR) is 50.8 cm³/mol. The molecule has 0 aromatic heterocycles. The van der Waals surface area contributed by atoms with Gasteiger partial charge in [-0.15, -0.1) is 0 Å². The van der Waals surface area contributed by atoms with E-state index in [1.54, 1.807) is 0 Å². The topological polar surface area (TPSA) is 39.1 Å². The van der Waals surface area contributed by atoms with Gasteiger partial charge in [-0.05, 0) is 20.5 Å². The second-order valence-corrected chi connectivity index (χ2v) is 3.13. The molecule has 0 heterocycles. The Bertz CT molecular complexity index is 139. The molecule has 0 aliphatic rings.